The summed E-state index contributed by atoms with van der Waals surface area (Å²) < 4.78 is 29.1. The quantitative estimate of drug-likeness (QED) is 0.170. The molecule has 0 fully saturated rings. The zero-order valence-electron chi connectivity index (χ0n) is 18.0. The van der Waals surface area contributed by atoms with Gasteiger partial charge in [0.25, 0.3) is 0 Å². The summed E-state index contributed by atoms with van der Waals surface area (Å²) >= 11 is 25.5. The Bertz CT molecular complexity index is 1260. The zero-order valence-corrected chi connectivity index (χ0v) is 21.9. The predicted octanol–water partition coefficient (Wildman–Crippen LogP) is 6.85. The van der Waals surface area contributed by atoms with Crippen LogP contribution in [0.2, 0.25) is 20.1 Å². The Morgan fingerprint density at radius 3 is 1.68 bits per heavy atom. The first kappa shape index (κ1) is 26.3. The summed E-state index contributed by atoms with van der Waals surface area (Å²) in [6.07, 6.45) is 0. The van der Waals surface area contributed by atoms with Gasteiger partial charge in [-0.15, -0.1) is 0 Å². The Morgan fingerprint density at radius 1 is 0.735 bits per heavy atom. The number of carbonyl (C=O) groups excluding carboxylic acids is 2. The first-order valence-electron chi connectivity index (χ1n) is 9.45. The lowest BCUT2D eigenvalue weighted by Crippen LogP contribution is -2.14. The van der Waals surface area contributed by atoms with Gasteiger partial charge in [0, 0.05) is 17.7 Å². The van der Waals surface area contributed by atoms with Gasteiger partial charge in [-0.3, -0.25) is 4.79 Å². The molecule has 0 heterocycles. The van der Waals surface area contributed by atoms with Crippen LogP contribution in [0.5, 0.6) is 17.2 Å². The number of methoxy groups -OCH3 is 3. The van der Waals surface area contributed by atoms with Crippen LogP contribution in [-0.4, -0.2) is 32.6 Å². The van der Waals surface area contributed by atoms with Crippen molar-refractivity contribution in [3.8, 4) is 17.2 Å². The zero-order chi connectivity index (χ0) is 25.2. The topological polar surface area (TPSA) is 78.9 Å². The highest BCUT2D eigenvalue weighted by atomic mass is 35.5. The SMILES string of the molecule is COc1cc(OC)c(C(=O)[P+](=O)c2c(Cl)c(Cl)c(C(=O)c3ccccc3)c(Cl)c2Cl)c(OC)c1. The van der Waals surface area contributed by atoms with Crippen LogP contribution in [0.15, 0.2) is 42.5 Å². The molecule has 34 heavy (non-hydrogen) atoms. The van der Waals surface area contributed by atoms with Gasteiger partial charge < -0.3 is 14.2 Å². The molecule has 0 bridgehead atoms. The molecular formula is C23H16Cl4O6P+. The van der Waals surface area contributed by atoms with E-state index < -0.39 is 19.1 Å². The van der Waals surface area contributed by atoms with E-state index in [2.05, 4.69) is 0 Å². The van der Waals surface area contributed by atoms with E-state index in [4.69, 9.17) is 60.6 Å². The molecule has 11 heteroatoms. The van der Waals surface area contributed by atoms with Crippen molar-refractivity contribution in [2.75, 3.05) is 21.3 Å². The Morgan fingerprint density at radius 2 is 1.24 bits per heavy atom. The van der Waals surface area contributed by atoms with Gasteiger partial charge in [0.1, 0.15) is 27.3 Å². The largest absolute Gasteiger partial charge is 0.496 e. The molecule has 0 aliphatic rings. The van der Waals surface area contributed by atoms with E-state index in [1.165, 1.54) is 33.5 Å². The number of ketones is 1. The van der Waals surface area contributed by atoms with Crippen molar-refractivity contribution >= 4 is 70.8 Å². The third kappa shape index (κ3) is 4.74. The average molecular weight is 561 g/mol. The van der Waals surface area contributed by atoms with Crippen LogP contribution in [0, 0.1) is 0 Å². The van der Waals surface area contributed by atoms with Crippen LogP contribution in [0.1, 0.15) is 26.3 Å². The van der Waals surface area contributed by atoms with Gasteiger partial charge in [0.15, 0.2) is 11.3 Å². The molecule has 0 aliphatic carbocycles. The van der Waals surface area contributed by atoms with Gasteiger partial charge >= 0.3 is 13.3 Å². The fourth-order valence-electron chi connectivity index (χ4n) is 3.15. The summed E-state index contributed by atoms with van der Waals surface area (Å²) in [5.41, 5.74) is -0.886. The van der Waals surface area contributed by atoms with E-state index in [-0.39, 0.29) is 48.0 Å². The minimum Gasteiger partial charge on any atom is -0.496 e. The molecule has 3 aromatic rings. The second kappa shape index (κ2) is 10.9. The highest BCUT2D eigenvalue weighted by Crippen LogP contribution is 2.46. The standard InChI is InChI=1S/C23H16Cl4O6P/c1-31-12-9-13(32-2)15(14(10-12)33-3)23(29)34(30)22-19(26)17(24)16(18(25)20(22)27)21(28)11-7-5-4-6-8-11/h4-10H,1-3H3/q+1. The molecule has 0 saturated carbocycles. The molecule has 0 spiro atoms. The van der Waals surface area contributed by atoms with Gasteiger partial charge in [-0.2, -0.15) is 0 Å². The van der Waals surface area contributed by atoms with Gasteiger partial charge in [0.2, 0.25) is 5.30 Å². The summed E-state index contributed by atoms with van der Waals surface area (Å²) in [6, 6.07) is 11.1. The van der Waals surface area contributed by atoms with Crippen molar-refractivity contribution in [3.05, 3.63) is 79.2 Å². The average Bonchev–Trinajstić information content (AvgIpc) is 2.86. The molecule has 3 rings (SSSR count). The minimum atomic E-state index is -2.96. The van der Waals surface area contributed by atoms with Crippen molar-refractivity contribution in [1.29, 1.82) is 0 Å². The maximum atomic E-state index is 13.4. The fourth-order valence-corrected chi connectivity index (χ4v) is 5.97. The summed E-state index contributed by atoms with van der Waals surface area (Å²) in [5.74, 6) is -0.0628. The number of carbonyl (C=O) groups is 2. The van der Waals surface area contributed by atoms with Crippen molar-refractivity contribution in [2.24, 2.45) is 0 Å². The second-order valence-corrected chi connectivity index (χ2v) is 9.64. The van der Waals surface area contributed by atoms with Crippen LogP contribution in [-0.2, 0) is 4.57 Å². The van der Waals surface area contributed by atoms with Crippen LogP contribution in [0.4, 0.5) is 0 Å². The molecule has 0 aliphatic heterocycles. The van der Waals surface area contributed by atoms with Crippen molar-refractivity contribution < 1.29 is 28.4 Å². The van der Waals surface area contributed by atoms with E-state index in [0.717, 1.165) is 0 Å². The maximum absolute atomic E-state index is 13.4. The Balaban J connectivity index is 2.16. The molecular weight excluding hydrogens is 545 g/mol. The third-order valence-corrected chi connectivity index (χ3v) is 8.23. The monoisotopic (exact) mass is 559 g/mol. The van der Waals surface area contributed by atoms with E-state index >= 15 is 0 Å². The molecule has 6 nitrogen and oxygen atoms in total. The van der Waals surface area contributed by atoms with E-state index in [1.54, 1.807) is 30.3 Å². The van der Waals surface area contributed by atoms with Crippen LogP contribution < -0.4 is 19.5 Å². The molecule has 0 saturated heterocycles. The Hall–Kier alpha value is -2.34. The first-order valence-corrected chi connectivity index (χ1v) is 12.2. The van der Waals surface area contributed by atoms with Crippen molar-refractivity contribution in [1.82, 2.24) is 0 Å². The molecule has 0 N–H and O–H groups in total. The number of hydrogen-bond acceptors (Lipinski definition) is 6. The third-order valence-electron chi connectivity index (χ3n) is 4.82. The highest BCUT2D eigenvalue weighted by molar-refractivity contribution is 7.72. The Kier molecular flexibility index (Phi) is 8.45. The lowest BCUT2D eigenvalue weighted by Gasteiger charge is -2.12. The van der Waals surface area contributed by atoms with Gasteiger partial charge in [0.05, 0.1) is 36.9 Å². The smallest absolute Gasteiger partial charge is 0.462 e. The predicted molar refractivity (Wildman–Crippen MR) is 134 cm³/mol. The van der Waals surface area contributed by atoms with Crippen LogP contribution in [0.25, 0.3) is 0 Å². The van der Waals surface area contributed by atoms with Crippen LogP contribution >= 0.6 is 54.2 Å². The number of rotatable bonds is 8. The number of halogens is 4. The molecule has 1 atom stereocenters. The summed E-state index contributed by atoms with van der Waals surface area (Å²) in [6.45, 7) is 0. The number of benzene rings is 3. The summed E-state index contributed by atoms with van der Waals surface area (Å²) in [5, 5.41) is -1.50. The molecule has 0 aromatic heterocycles. The van der Waals surface area contributed by atoms with E-state index in [9.17, 15) is 14.2 Å². The van der Waals surface area contributed by atoms with Crippen LogP contribution in [0.3, 0.4) is 0 Å². The highest BCUT2D eigenvalue weighted by Gasteiger charge is 2.44. The van der Waals surface area contributed by atoms with Crippen molar-refractivity contribution in [3.63, 3.8) is 0 Å². The van der Waals surface area contributed by atoms with Gasteiger partial charge in [-0.25, -0.2) is 4.79 Å². The second-order valence-electron chi connectivity index (χ2n) is 6.68. The van der Waals surface area contributed by atoms with Crippen molar-refractivity contribution in [2.45, 2.75) is 0 Å². The minimum absolute atomic E-state index is 0.0601. The number of hydrogen-bond donors (Lipinski definition) is 0. The Labute approximate surface area is 216 Å². The normalized spacial score (nSPS) is 11.1. The van der Waals surface area contributed by atoms with E-state index in [0.29, 0.717) is 11.3 Å². The van der Waals surface area contributed by atoms with Gasteiger partial charge in [-0.05, 0) is 0 Å². The lowest BCUT2D eigenvalue weighted by molar-refractivity contribution is 0.103. The van der Waals surface area contributed by atoms with Gasteiger partial charge in [-0.1, -0.05) is 81.3 Å². The lowest BCUT2D eigenvalue weighted by atomic mass is 10.0. The number of ether oxygens (including phenoxy) is 3. The first-order chi connectivity index (χ1) is 16.2. The molecule has 1 unspecified atom stereocenters. The maximum Gasteiger partial charge on any atom is 0.462 e. The molecule has 0 amide bonds. The van der Waals surface area contributed by atoms with E-state index in [1.807, 2.05) is 0 Å². The molecule has 176 valence electrons. The summed E-state index contributed by atoms with van der Waals surface area (Å²) in [4.78, 5) is 26.3. The summed E-state index contributed by atoms with van der Waals surface area (Å²) in [7, 11) is 1.12. The molecule has 0 radical (unpaired) electrons. The molecule has 3 aromatic carbocycles. The fraction of sp³-hybridized carbons (Fsp3) is 0.130.